The molecule has 0 heterocycles. The molecule has 1 amide bonds. The van der Waals surface area contributed by atoms with E-state index in [0.29, 0.717) is 17.9 Å². The summed E-state index contributed by atoms with van der Waals surface area (Å²) in [6.07, 6.45) is 0. The van der Waals surface area contributed by atoms with Gasteiger partial charge < -0.3 is 15.8 Å². The molecule has 3 N–H and O–H groups in total. The topological polar surface area (TPSA) is 64.3 Å². The first kappa shape index (κ1) is 13.1. The first-order chi connectivity index (χ1) is 9.20. The number of benzene rings is 2. The molecule has 0 aliphatic carbocycles. The van der Waals surface area contributed by atoms with Gasteiger partial charge >= 0.3 is 0 Å². The summed E-state index contributed by atoms with van der Waals surface area (Å²) in [7, 11) is 1.62. The van der Waals surface area contributed by atoms with Crippen molar-refractivity contribution >= 4 is 17.3 Å². The Balaban J connectivity index is 2.16. The van der Waals surface area contributed by atoms with Crippen LogP contribution in [0.3, 0.4) is 0 Å². The molecule has 0 aliphatic heterocycles. The fourth-order valence-electron chi connectivity index (χ4n) is 1.75. The number of carbonyl (C=O) groups excluding carboxylic acids is 1. The first-order valence-corrected chi connectivity index (χ1v) is 5.94. The molecule has 0 unspecified atom stereocenters. The standard InChI is InChI=1S/C15H16N2O2/c1-19-10-12-4-2-3-5-14(12)17-15(18)11-6-8-13(16)9-7-11/h2-9H,10,16H2,1H3,(H,17,18). The van der Waals surface area contributed by atoms with E-state index in [9.17, 15) is 4.79 Å². The zero-order valence-electron chi connectivity index (χ0n) is 10.7. The van der Waals surface area contributed by atoms with Gasteiger partial charge in [0.05, 0.1) is 6.61 Å². The lowest BCUT2D eigenvalue weighted by Gasteiger charge is -2.10. The van der Waals surface area contributed by atoms with Gasteiger partial charge in [-0.2, -0.15) is 0 Å². The third-order valence-corrected chi connectivity index (χ3v) is 2.74. The number of nitrogen functional groups attached to an aromatic ring is 1. The van der Waals surface area contributed by atoms with Crippen LogP contribution in [-0.4, -0.2) is 13.0 Å². The smallest absolute Gasteiger partial charge is 0.255 e. The highest BCUT2D eigenvalue weighted by atomic mass is 16.5. The summed E-state index contributed by atoms with van der Waals surface area (Å²) in [4.78, 5) is 12.1. The molecule has 0 saturated carbocycles. The Labute approximate surface area is 112 Å². The average molecular weight is 256 g/mol. The molecule has 0 fully saturated rings. The second-order valence-electron chi connectivity index (χ2n) is 4.17. The molecule has 0 radical (unpaired) electrons. The molecule has 0 saturated heterocycles. The molecular formula is C15H16N2O2. The fraction of sp³-hybridized carbons (Fsp3) is 0.133. The number of para-hydroxylation sites is 1. The number of amides is 1. The maximum absolute atomic E-state index is 12.1. The lowest BCUT2D eigenvalue weighted by atomic mass is 10.1. The summed E-state index contributed by atoms with van der Waals surface area (Å²) >= 11 is 0. The van der Waals surface area contributed by atoms with Crippen LogP contribution in [-0.2, 0) is 11.3 Å². The molecule has 0 aliphatic rings. The minimum atomic E-state index is -0.163. The third-order valence-electron chi connectivity index (χ3n) is 2.74. The normalized spacial score (nSPS) is 10.2. The number of hydrogen-bond acceptors (Lipinski definition) is 3. The van der Waals surface area contributed by atoms with Gasteiger partial charge in [0.15, 0.2) is 0 Å². The Morgan fingerprint density at radius 3 is 2.53 bits per heavy atom. The van der Waals surface area contributed by atoms with Crippen molar-refractivity contribution in [1.29, 1.82) is 0 Å². The van der Waals surface area contributed by atoms with Crippen LogP contribution in [0.15, 0.2) is 48.5 Å². The molecule has 0 spiro atoms. The minimum absolute atomic E-state index is 0.163. The maximum Gasteiger partial charge on any atom is 0.255 e. The molecule has 4 nitrogen and oxygen atoms in total. The summed E-state index contributed by atoms with van der Waals surface area (Å²) in [6, 6.07) is 14.4. The highest BCUT2D eigenvalue weighted by Gasteiger charge is 2.08. The van der Waals surface area contributed by atoms with E-state index >= 15 is 0 Å². The van der Waals surface area contributed by atoms with Gasteiger partial charge in [0.1, 0.15) is 0 Å². The molecule has 19 heavy (non-hydrogen) atoms. The van der Waals surface area contributed by atoms with Crippen LogP contribution in [0.1, 0.15) is 15.9 Å². The summed E-state index contributed by atoms with van der Waals surface area (Å²) in [5.41, 5.74) is 8.50. The fourth-order valence-corrected chi connectivity index (χ4v) is 1.75. The van der Waals surface area contributed by atoms with E-state index < -0.39 is 0 Å². The zero-order valence-corrected chi connectivity index (χ0v) is 10.7. The van der Waals surface area contributed by atoms with Crippen LogP contribution in [0, 0.1) is 0 Å². The van der Waals surface area contributed by atoms with E-state index in [1.54, 1.807) is 31.4 Å². The zero-order chi connectivity index (χ0) is 13.7. The van der Waals surface area contributed by atoms with Crippen molar-refractivity contribution in [2.75, 3.05) is 18.2 Å². The Hall–Kier alpha value is -2.33. The largest absolute Gasteiger partial charge is 0.399 e. The van der Waals surface area contributed by atoms with Gasteiger partial charge in [0, 0.05) is 29.6 Å². The first-order valence-electron chi connectivity index (χ1n) is 5.94. The summed E-state index contributed by atoms with van der Waals surface area (Å²) in [5.74, 6) is -0.163. The molecule has 98 valence electrons. The van der Waals surface area contributed by atoms with Crippen molar-refractivity contribution in [2.24, 2.45) is 0 Å². The Morgan fingerprint density at radius 2 is 1.84 bits per heavy atom. The van der Waals surface area contributed by atoms with E-state index in [0.717, 1.165) is 11.3 Å². The molecule has 4 heteroatoms. The molecule has 0 aromatic heterocycles. The van der Waals surface area contributed by atoms with E-state index in [1.807, 2.05) is 24.3 Å². The van der Waals surface area contributed by atoms with Crippen molar-refractivity contribution in [3.8, 4) is 0 Å². The second-order valence-corrected chi connectivity index (χ2v) is 4.17. The van der Waals surface area contributed by atoms with Gasteiger partial charge in [0.2, 0.25) is 0 Å². The predicted octanol–water partition coefficient (Wildman–Crippen LogP) is 2.67. The Bertz CT molecular complexity index is 565. The van der Waals surface area contributed by atoms with Crippen LogP contribution in [0.25, 0.3) is 0 Å². The highest BCUT2D eigenvalue weighted by molar-refractivity contribution is 6.04. The number of nitrogens with one attached hydrogen (secondary N) is 1. The van der Waals surface area contributed by atoms with Crippen molar-refractivity contribution in [2.45, 2.75) is 6.61 Å². The van der Waals surface area contributed by atoms with Gasteiger partial charge in [-0.1, -0.05) is 18.2 Å². The van der Waals surface area contributed by atoms with Crippen LogP contribution in [0.4, 0.5) is 11.4 Å². The summed E-state index contributed by atoms with van der Waals surface area (Å²) in [5, 5.41) is 2.87. The van der Waals surface area contributed by atoms with Crippen LogP contribution >= 0.6 is 0 Å². The molecular weight excluding hydrogens is 240 g/mol. The third kappa shape index (κ3) is 3.33. The second kappa shape index (κ2) is 6.02. The molecule has 2 rings (SSSR count). The van der Waals surface area contributed by atoms with Gasteiger partial charge in [-0.05, 0) is 30.3 Å². The lowest BCUT2D eigenvalue weighted by molar-refractivity contribution is 0.102. The van der Waals surface area contributed by atoms with Crippen molar-refractivity contribution in [3.05, 3.63) is 59.7 Å². The summed E-state index contributed by atoms with van der Waals surface area (Å²) in [6.45, 7) is 0.457. The highest BCUT2D eigenvalue weighted by Crippen LogP contribution is 2.17. The van der Waals surface area contributed by atoms with Crippen LogP contribution in [0.5, 0.6) is 0 Å². The van der Waals surface area contributed by atoms with E-state index in [-0.39, 0.29) is 5.91 Å². The number of methoxy groups -OCH3 is 1. The van der Waals surface area contributed by atoms with Crippen LogP contribution in [0.2, 0.25) is 0 Å². The number of nitrogens with two attached hydrogens (primary N) is 1. The molecule has 2 aromatic rings. The van der Waals surface area contributed by atoms with Crippen LogP contribution < -0.4 is 11.1 Å². The monoisotopic (exact) mass is 256 g/mol. The average Bonchev–Trinajstić information content (AvgIpc) is 2.42. The van der Waals surface area contributed by atoms with Gasteiger partial charge in [0.25, 0.3) is 5.91 Å². The number of rotatable bonds is 4. The Kier molecular flexibility index (Phi) is 4.15. The van der Waals surface area contributed by atoms with Gasteiger partial charge in [-0.25, -0.2) is 0 Å². The number of anilines is 2. The van der Waals surface area contributed by atoms with Gasteiger partial charge in [-0.15, -0.1) is 0 Å². The van der Waals surface area contributed by atoms with E-state index in [2.05, 4.69) is 5.32 Å². The maximum atomic E-state index is 12.1. The Morgan fingerprint density at radius 1 is 1.16 bits per heavy atom. The van der Waals surface area contributed by atoms with Gasteiger partial charge in [-0.3, -0.25) is 4.79 Å². The van der Waals surface area contributed by atoms with Crippen molar-refractivity contribution < 1.29 is 9.53 Å². The quantitative estimate of drug-likeness (QED) is 0.826. The molecule has 2 aromatic carbocycles. The molecule has 0 bridgehead atoms. The lowest BCUT2D eigenvalue weighted by Crippen LogP contribution is -2.13. The SMILES string of the molecule is COCc1ccccc1NC(=O)c1ccc(N)cc1. The number of carbonyl (C=O) groups is 1. The minimum Gasteiger partial charge on any atom is -0.399 e. The van der Waals surface area contributed by atoms with Crippen molar-refractivity contribution in [1.82, 2.24) is 0 Å². The number of ether oxygens (including phenoxy) is 1. The number of hydrogen-bond donors (Lipinski definition) is 2. The molecule has 0 atom stereocenters. The van der Waals surface area contributed by atoms with Crippen molar-refractivity contribution in [3.63, 3.8) is 0 Å². The van der Waals surface area contributed by atoms with E-state index in [1.165, 1.54) is 0 Å². The van der Waals surface area contributed by atoms with E-state index in [4.69, 9.17) is 10.5 Å². The summed E-state index contributed by atoms with van der Waals surface area (Å²) < 4.78 is 5.10. The predicted molar refractivity (Wildman–Crippen MR) is 76.0 cm³/mol.